The van der Waals surface area contributed by atoms with Gasteiger partial charge in [0.25, 0.3) is 0 Å². The van der Waals surface area contributed by atoms with Crippen molar-refractivity contribution in [1.82, 2.24) is 0 Å². The van der Waals surface area contributed by atoms with E-state index in [-0.39, 0.29) is 17.4 Å². The number of carboxylic acid groups (broad SMARTS) is 1. The van der Waals surface area contributed by atoms with Crippen LogP contribution in [0.25, 0.3) is 0 Å². The summed E-state index contributed by atoms with van der Waals surface area (Å²) in [5.41, 5.74) is 2.85. The molecule has 0 aromatic heterocycles. The van der Waals surface area contributed by atoms with Gasteiger partial charge in [-0.05, 0) is 42.3 Å². The first-order valence-electron chi connectivity index (χ1n) is 7.77. The zero-order chi connectivity index (χ0) is 17.7. The lowest BCUT2D eigenvalue weighted by Gasteiger charge is -2.15. The van der Waals surface area contributed by atoms with Crippen molar-refractivity contribution in [3.05, 3.63) is 59.7 Å². The molecular formula is C19H22N2O3. The summed E-state index contributed by atoms with van der Waals surface area (Å²) in [5.74, 6) is -1.36. The molecule has 1 amide bonds. The van der Waals surface area contributed by atoms with Gasteiger partial charge >= 0.3 is 5.97 Å². The minimum atomic E-state index is -1.01. The van der Waals surface area contributed by atoms with Gasteiger partial charge in [-0.3, -0.25) is 4.79 Å². The second-order valence-corrected chi connectivity index (χ2v) is 6.04. The molecule has 0 heterocycles. The van der Waals surface area contributed by atoms with Crippen molar-refractivity contribution >= 4 is 23.3 Å². The topological polar surface area (TPSA) is 69.6 Å². The third-order valence-electron chi connectivity index (χ3n) is 3.82. The van der Waals surface area contributed by atoms with Gasteiger partial charge < -0.3 is 15.3 Å². The molecule has 0 saturated carbocycles. The molecule has 5 heteroatoms. The Labute approximate surface area is 141 Å². The molecule has 0 radical (unpaired) electrons. The number of carbonyl (C=O) groups is 2. The van der Waals surface area contributed by atoms with E-state index in [4.69, 9.17) is 5.11 Å². The number of nitrogens with one attached hydrogen (secondary N) is 1. The Kier molecular flexibility index (Phi) is 5.58. The van der Waals surface area contributed by atoms with Gasteiger partial charge in [0.2, 0.25) is 5.91 Å². The van der Waals surface area contributed by atoms with Gasteiger partial charge in [0.15, 0.2) is 0 Å². The van der Waals surface area contributed by atoms with Crippen LogP contribution in [0.15, 0.2) is 48.5 Å². The Morgan fingerprint density at radius 3 is 2.38 bits per heavy atom. The van der Waals surface area contributed by atoms with E-state index in [9.17, 15) is 9.59 Å². The van der Waals surface area contributed by atoms with E-state index in [1.807, 2.05) is 50.2 Å². The molecule has 2 N–H and O–H groups in total. The van der Waals surface area contributed by atoms with Crippen LogP contribution < -0.4 is 10.2 Å². The number of rotatable bonds is 6. The standard InChI is InChI=1S/C19H22N2O3/c1-13(11-14-7-9-17(10-8-14)21(2)3)18(22)20-16-6-4-5-15(12-16)19(23)24/h4-10,12-13H,11H2,1-3H3,(H,20,22)(H,23,24). The normalized spacial score (nSPS) is 11.6. The first kappa shape index (κ1) is 17.5. The predicted molar refractivity (Wildman–Crippen MR) is 95.7 cm³/mol. The number of amides is 1. The van der Waals surface area contributed by atoms with Crippen LogP contribution >= 0.6 is 0 Å². The van der Waals surface area contributed by atoms with E-state index < -0.39 is 5.97 Å². The molecular weight excluding hydrogens is 304 g/mol. The fourth-order valence-electron chi connectivity index (χ4n) is 2.37. The molecule has 2 aromatic rings. The van der Waals surface area contributed by atoms with Crippen LogP contribution in [0.5, 0.6) is 0 Å². The summed E-state index contributed by atoms with van der Waals surface area (Å²) in [6.07, 6.45) is 0.623. The van der Waals surface area contributed by atoms with Crippen molar-refractivity contribution in [2.24, 2.45) is 5.92 Å². The number of benzene rings is 2. The van der Waals surface area contributed by atoms with Gasteiger partial charge in [-0.25, -0.2) is 4.79 Å². The number of hydrogen-bond acceptors (Lipinski definition) is 3. The minimum Gasteiger partial charge on any atom is -0.478 e. The van der Waals surface area contributed by atoms with Crippen LogP contribution in [-0.2, 0) is 11.2 Å². The monoisotopic (exact) mass is 326 g/mol. The van der Waals surface area contributed by atoms with Crippen molar-refractivity contribution in [3.8, 4) is 0 Å². The molecule has 0 spiro atoms. The van der Waals surface area contributed by atoms with Crippen LogP contribution in [-0.4, -0.2) is 31.1 Å². The molecule has 24 heavy (non-hydrogen) atoms. The average Bonchev–Trinajstić information content (AvgIpc) is 2.55. The molecule has 1 atom stereocenters. The molecule has 0 aliphatic heterocycles. The lowest BCUT2D eigenvalue weighted by Crippen LogP contribution is -2.22. The largest absolute Gasteiger partial charge is 0.478 e. The molecule has 2 rings (SSSR count). The minimum absolute atomic E-state index is 0.130. The van der Waals surface area contributed by atoms with E-state index in [1.54, 1.807) is 12.1 Å². The molecule has 0 bridgehead atoms. The van der Waals surface area contributed by atoms with Gasteiger partial charge in [0.1, 0.15) is 0 Å². The Balaban J connectivity index is 1.99. The van der Waals surface area contributed by atoms with Crippen LogP contribution in [0.4, 0.5) is 11.4 Å². The molecule has 0 aliphatic rings. The summed E-state index contributed by atoms with van der Waals surface area (Å²) in [6.45, 7) is 1.86. The summed E-state index contributed by atoms with van der Waals surface area (Å²) in [7, 11) is 3.96. The Morgan fingerprint density at radius 1 is 1.12 bits per heavy atom. The van der Waals surface area contributed by atoms with Crippen molar-refractivity contribution in [1.29, 1.82) is 0 Å². The van der Waals surface area contributed by atoms with Crippen LogP contribution in [0, 0.1) is 5.92 Å². The second-order valence-electron chi connectivity index (χ2n) is 6.04. The number of carbonyl (C=O) groups excluding carboxylic acids is 1. The van der Waals surface area contributed by atoms with Gasteiger partial charge in [0.05, 0.1) is 5.56 Å². The Bertz CT molecular complexity index is 724. The molecule has 126 valence electrons. The van der Waals surface area contributed by atoms with Crippen molar-refractivity contribution in [3.63, 3.8) is 0 Å². The number of nitrogens with zero attached hydrogens (tertiary/aromatic N) is 1. The van der Waals surface area contributed by atoms with Crippen LogP contribution in [0.2, 0.25) is 0 Å². The maximum Gasteiger partial charge on any atom is 0.335 e. The van der Waals surface area contributed by atoms with Crippen molar-refractivity contribution < 1.29 is 14.7 Å². The van der Waals surface area contributed by atoms with E-state index in [0.717, 1.165) is 11.3 Å². The van der Waals surface area contributed by atoms with Crippen molar-refractivity contribution in [2.75, 3.05) is 24.3 Å². The first-order valence-corrected chi connectivity index (χ1v) is 7.77. The van der Waals surface area contributed by atoms with Gasteiger partial charge in [-0.15, -0.1) is 0 Å². The zero-order valence-corrected chi connectivity index (χ0v) is 14.1. The van der Waals surface area contributed by atoms with Crippen molar-refractivity contribution in [2.45, 2.75) is 13.3 Å². The fraction of sp³-hybridized carbons (Fsp3) is 0.263. The number of anilines is 2. The number of hydrogen-bond donors (Lipinski definition) is 2. The highest BCUT2D eigenvalue weighted by molar-refractivity contribution is 5.94. The predicted octanol–water partition coefficient (Wildman–Crippen LogP) is 3.27. The van der Waals surface area contributed by atoms with Crippen LogP contribution in [0.3, 0.4) is 0 Å². The van der Waals surface area contributed by atoms with E-state index in [1.165, 1.54) is 12.1 Å². The maximum absolute atomic E-state index is 12.3. The van der Waals surface area contributed by atoms with Crippen LogP contribution in [0.1, 0.15) is 22.8 Å². The van der Waals surface area contributed by atoms with E-state index >= 15 is 0 Å². The smallest absolute Gasteiger partial charge is 0.335 e. The summed E-state index contributed by atoms with van der Waals surface area (Å²) >= 11 is 0. The zero-order valence-electron chi connectivity index (χ0n) is 14.1. The summed E-state index contributed by atoms with van der Waals surface area (Å²) < 4.78 is 0. The summed E-state index contributed by atoms with van der Waals surface area (Å²) in [4.78, 5) is 25.3. The Hall–Kier alpha value is -2.82. The third-order valence-corrected chi connectivity index (χ3v) is 3.82. The quantitative estimate of drug-likeness (QED) is 0.855. The van der Waals surface area contributed by atoms with Gasteiger partial charge in [0, 0.05) is 31.4 Å². The van der Waals surface area contributed by atoms with E-state index in [0.29, 0.717) is 12.1 Å². The average molecular weight is 326 g/mol. The second kappa shape index (κ2) is 7.64. The Morgan fingerprint density at radius 2 is 1.79 bits per heavy atom. The van der Waals surface area contributed by atoms with Gasteiger partial charge in [-0.2, -0.15) is 0 Å². The molecule has 1 unspecified atom stereocenters. The molecule has 5 nitrogen and oxygen atoms in total. The molecule has 0 saturated heterocycles. The third kappa shape index (κ3) is 4.59. The SMILES string of the molecule is CC(Cc1ccc(N(C)C)cc1)C(=O)Nc1cccc(C(=O)O)c1. The fourth-order valence-corrected chi connectivity index (χ4v) is 2.37. The van der Waals surface area contributed by atoms with Gasteiger partial charge in [-0.1, -0.05) is 25.1 Å². The molecule has 0 aliphatic carbocycles. The lowest BCUT2D eigenvalue weighted by molar-refractivity contribution is -0.119. The molecule has 0 fully saturated rings. The summed E-state index contributed by atoms with van der Waals surface area (Å²) in [5, 5.41) is 11.8. The molecule has 2 aromatic carbocycles. The first-order chi connectivity index (χ1) is 11.4. The highest BCUT2D eigenvalue weighted by Gasteiger charge is 2.14. The highest BCUT2D eigenvalue weighted by Crippen LogP contribution is 2.17. The lowest BCUT2D eigenvalue weighted by atomic mass is 10.00. The maximum atomic E-state index is 12.3. The number of aromatic carboxylic acids is 1. The van der Waals surface area contributed by atoms with E-state index in [2.05, 4.69) is 5.32 Å². The highest BCUT2D eigenvalue weighted by atomic mass is 16.4. The summed E-state index contributed by atoms with van der Waals surface area (Å²) in [6, 6.07) is 14.3. The number of carboxylic acids is 1.